The topological polar surface area (TPSA) is 9.23 Å². The molecule has 0 saturated heterocycles. The Morgan fingerprint density at radius 2 is 2.62 bits per heavy atom. The normalized spacial score (nSPS) is 16.9. The van der Waals surface area contributed by atoms with Crippen molar-refractivity contribution in [2.45, 2.75) is 6.42 Å². The molecule has 1 aliphatic heterocycles. The van der Waals surface area contributed by atoms with E-state index in [0.717, 1.165) is 0 Å². The average molecular weight is 124 g/mol. The van der Waals surface area contributed by atoms with Crippen LogP contribution >= 0.6 is 12.2 Å². The second-order valence-corrected chi connectivity index (χ2v) is 1.85. The van der Waals surface area contributed by atoms with Crippen LogP contribution in [0, 0.1) is 12.3 Å². The van der Waals surface area contributed by atoms with Crippen LogP contribution in [0.4, 0.5) is 0 Å². The maximum Gasteiger partial charge on any atom is 0.174 e. The van der Waals surface area contributed by atoms with Gasteiger partial charge in [0.25, 0.3) is 0 Å². The molecule has 1 nitrogen and oxygen atoms in total. The van der Waals surface area contributed by atoms with Crippen molar-refractivity contribution in [2.75, 3.05) is 0 Å². The summed E-state index contributed by atoms with van der Waals surface area (Å²) in [6.07, 6.45) is 7.48. The Balaban J connectivity index is 2.66. The summed E-state index contributed by atoms with van der Waals surface area (Å²) in [5, 5.41) is 0.568. The monoisotopic (exact) mass is 124 g/mol. The number of terminal acetylenes is 1. The van der Waals surface area contributed by atoms with Gasteiger partial charge in [0.2, 0.25) is 0 Å². The first kappa shape index (κ1) is 5.33. The van der Waals surface area contributed by atoms with Crippen molar-refractivity contribution in [3.63, 3.8) is 0 Å². The summed E-state index contributed by atoms with van der Waals surface area (Å²) in [6.45, 7) is 0. The summed E-state index contributed by atoms with van der Waals surface area (Å²) in [4.78, 5) is 0. The van der Waals surface area contributed by atoms with Crippen molar-refractivity contribution < 1.29 is 4.74 Å². The highest BCUT2D eigenvalue weighted by molar-refractivity contribution is 7.80. The molecule has 0 atom stereocenters. The van der Waals surface area contributed by atoms with E-state index < -0.39 is 0 Å². The van der Waals surface area contributed by atoms with E-state index in [0.29, 0.717) is 17.2 Å². The minimum atomic E-state index is 0.551. The SMILES string of the molecule is C#CC1=CCC(=S)O1. The molecule has 0 radical (unpaired) electrons. The minimum Gasteiger partial charge on any atom is -0.441 e. The molecule has 2 heteroatoms. The zero-order chi connectivity index (χ0) is 5.98. The quantitative estimate of drug-likeness (QED) is 0.355. The van der Waals surface area contributed by atoms with Crippen molar-refractivity contribution in [1.29, 1.82) is 0 Å². The van der Waals surface area contributed by atoms with Gasteiger partial charge >= 0.3 is 0 Å². The fourth-order valence-electron chi connectivity index (χ4n) is 0.470. The number of thiocarbonyl (C=S) groups is 1. The molecule has 0 saturated carbocycles. The van der Waals surface area contributed by atoms with Crippen LogP contribution in [0.1, 0.15) is 6.42 Å². The molecule has 0 aromatic carbocycles. The van der Waals surface area contributed by atoms with Gasteiger partial charge < -0.3 is 4.74 Å². The van der Waals surface area contributed by atoms with E-state index in [9.17, 15) is 0 Å². The van der Waals surface area contributed by atoms with E-state index in [1.54, 1.807) is 6.08 Å². The maximum absolute atomic E-state index is 4.99. The molecule has 40 valence electrons. The van der Waals surface area contributed by atoms with Crippen LogP contribution < -0.4 is 0 Å². The summed E-state index contributed by atoms with van der Waals surface area (Å²) in [5.41, 5.74) is 0. The first-order valence-electron chi connectivity index (χ1n) is 2.20. The highest BCUT2D eigenvalue weighted by Gasteiger charge is 2.06. The van der Waals surface area contributed by atoms with E-state index in [-0.39, 0.29) is 0 Å². The summed E-state index contributed by atoms with van der Waals surface area (Å²) >= 11 is 4.69. The number of rotatable bonds is 0. The maximum atomic E-state index is 4.99. The number of hydrogen-bond donors (Lipinski definition) is 0. The van der Waals surface area contributed by atoms with Crippen LogP contribution in [0.5, 0.6) is 0 Å². The van der Waals surface area contributed by atoms with Crippen molar-refractivity contribution >= 4 is 17.3 Å². The fraction of sp³-hybridized carbons (Fsp3) is 0.167. The molecule has 0 amide bonds. The Morgan fingerprint density at radius 3 is 2.88 bits per heavy atom. The standard InChI is InChI=1S/C6H4OS/c1-2-5-3-4-6(8)7-5/h1,3H,4H2. The van der Waals surface area contributed by atoms with Crippen molar-refractivity contribution in [3.05, 3.63) is 11.8 Å². The number of hydrogen-bond acceptors (Lipinski definition) is 2. The molecular weight excluding hydrogens is 120 g/mol. The van der Waals surface area contributed by atoms with Gasteiger partial charge in [0.15, 0.2) is 10.8 Å². The summed E-state index contributed by atoms with van der Waals surface area (Å²) in [7, 11) is 0. The molecule has 0 fully saturated rings. The molecule has 0 N–H and O–H groups in total. The molecule has 0 spiro atoms. The van der Waals surface area contributed by atoms with Gasteiger partial charge in [0.1, 0.15) is 0 Å². The molecule has 0 aromatic rings. The van der Waals surface area contributed by atoms with Gasteiger partial charge in [-0.15, -0.1) is 6.42 Å². The van der Waals surface area contributed by atoms with E-state index in [1.165, 1.54) is 0 Å². The third kappa shape index (κ3) is 0.877. The highest BCUT2D eigenvalue weighted by Crippen LogP contribution is 2.09. The number of ether oxygens (including phenoxy) is 1. The second-order valence-electron chi connectivity index (χ2n) is 1.39. The van der Waals surface area contributed by atoms with Gasteiger partial charge in [-0.3, -0.25) is 0 Å². The lowest BCUT2D eigenvalue weighted by atomic mass is 10.4. The van der Waals surface area contributed by atoms with Gasteiger partial charge in [0.05, 0.1) is 0 Å². The molecule has 0 aromatic heterocycles. The average Bonchev–Trinajstić information content (AvgIpc) is 2.14. The van der Waals surface area contributed by atoms with Gasteiger partial charge in [0, 0.05) is 6.42 Å². The summed E-state index contributed by atoms with van der Waals surface area (Å²) < 4.78 is 4.87. The lowest BCUT2D eigenvalue weighted by Crippen LogP contribution is -1.87. The molecule has 1 heterocycles. The van der Waals surface area contributed by atoms with Crippen LogP contribution in [0.25, 0.3) is 0 Å². The largest absolute Gasteiger partial charge is 0.441 e. The van der Waals surface area contributed by atoms with Crippen LogP contribution in [0.2, 0.25) is 0 Å². The van der Waals surface area contributed by atoms with Crippen LogP contribution in [0.3, 0.4) is 0 Å². The zero-order valence-corrected chi connectivity index (χ0v) is 4.99. The molecular formula is C6H4OS. The third-order valence-electron chi connectivity index (χ3n) is 0.820. The van der Waals surface area contributed by atoms with Crippen molar-refractivity contribution in [3.8, 4) is 12.3 Å². The highest BCUT2D eigenvalue weighted by atomic mass is 32.1. The van der Waals surface area contributed by atoms with Crippen LogP contribution in [0.15, 0.2) is 11.8 Å². The first-order chi connectivity index (χ1) is 3.83. The molecule has 0 aliphatic carbocycles. The van der Waals surface area contributed by atoms with Crippen molar-refractivity contribution in [1.82, 2.24) is 0 Å². The van der Waals surface area contributed by atoms with E-state index in [4.69, 9.17) is 23.4 Å². The van der Waals surface area contributed by atoms with Crippen LogP contribution in [-0.4, -0.2) is 5.05 Å². The second kappa shape index (κ2) is 1.97. The fourth-order valence-corrected chi connectivity index (χ4v) is 0.644. The van der Waals surface area contributed by atoms with Crippen molar-refractivity contribution in [2.24, 2.45) is 0 Å². The zero-order valence-electron chi connectivity index (χ0n) is 4.18. The Kier molecular flexibility index (Phi) is 1.32. The molecule has 0 bridgehead atoms. The van der Waals surface area contributed by atoms with Gasteiger partial charge in [-0.25, -0.2) is 0 Å². The van der Waals surface area contributed by atoms with E-state index in [2.05, 4.69) is 5.92 Å². The van der Waals surface area contributed by atoms with Gasteiger partial charge in [-0.2, -0.15) is 0 Å². The van der Waals surface area contributed by atoms with Crippen LogP contribution in [-0.2, 0) is 4.74 Å². The van der Waals surface area contributed by atoms with E-state index >= 15 is 0 Å². The Bertz CT molecular complexity index is 185. The van der Waals surface area contributed by atoms with Gasteiger partial charge in [-0.1, -0.05) is 0 Å². The molecule has 1 aliphatic rings. The number of allylic oxidation sites excluding steroid dienone is 1. The Labute approximate surface area is 53.3 Å². The Hall–Kier alpha value is -0.810. The summed E-state index contributed by atoms with van der Waals surface area (Å²) in [5.74, 6) is 2.90. The molecule has 0 unspecified atom stereocenters. The molecule has 8 heavy (non-hydrogen) atoms. The predicted octanol–water partition coefficient (Wildman–Crippen LogP) is 1.25. The smallest absolute Gasteiger partial charge is 0.174 e. The third-order valence-corrected chi connectivity index (χ3v) is 1.07. The lowest BCUT2D eigenvalue weighted by molar-refractivity contribution is 0.463. The lowest BCUT2D eigenvalue weighted by Gasteiger charge is -1.90. The summed E-state index contributed by atoms with van der Waals surface area (Å²) in [6, 6.07) is 0. The predicted molar refractivity (Wildman–Crippen MR) is 35.2 cm³/mol. The minimum absolute atomic E-state index is 0.551. The van der Waals surface area contributed by atoms with E-state index in [1.807, 2.05) is 0 Å². The molecule has 1 rings (SSSR count). The Morgan fingerprint density at radius 1 is 1.88 bits per heavy atom. The van der Waals surface area contributed by atoms with Gasteiger partial charge in [-0.05, 0) is 24.2 Å². The first-order valence-corrected chi connectivity index (χ1v) is 2.61.